The maximum Gasteiger partial charge on any atom is 0.337 e. The van der Waals surface area contributed by atoms with Crippen molar-refractivity contribution in [1.82, 2.24) is 5.43 Å². The molecule has 2 amide bonds. The van der Waals surface area contributed by atoms with Crippen molar-refractivity contribution in [2.75, 3.05) is 5.32 Å². The Kier molecular flexibility index (Phi) is 4.99. The van der Waals surface area contributed by atoms with Crippen LogP contribution in [0.3, 0.4) is 0 Å². The van der Waals surface area contributed by atoms with Crippen molar-refractivity contribution < 1.29 is 19.5 Å². The zero-order valence-electron chi connectivity index (χ0n) is 11.1. The van der Waals surface area contributed by atoms with Gasteiger partial charge in [0.25, 0.3) is 0 Å². The van der Waals surface area contributed by atoms with Crippen molar-refractivity contribution >= 4 is 41.0 Å². The number of rotatable bonds is 4. The molecule has 0 unspecified atom stereocenters. The molecule has 0 saturated carbocycles. The molecule has 112 valence electrons. The first kappa shape index (κ1) is 15.4. The molecule has 1 aromatic heterocycles. The van der Waals surface area contributed by atoms with Gasteiger partial charge in [0.05, 0.1) is 17.5 Å². The molecule has 1 heterocycles. The maximum atomic E-state index is 11.7. The second-order valence-corrected chi connectivity index (χ2v) is 5.00. The molecule has 1 aromatic carbocycles. The number of thiophene rings is 1. The van der Waals surface area contributed by atoms with Crippen molar-refractivity contribution in [3.05, 3.63) is 52.2 Å². The lowest BCUT2D eigenvalue weighted by Gasteiger charge is -2.06. The summed E-state index contributed by atoms with van der Waals surface area (Å²) >= 11 is 1.42. The Morgan fingerprint density at radius 1 is 1.09 bits per heavy atom. The normalized spacial score (nSPS) is 10.4. The number of carbonyl (C=O) groups is 3. The first-order valence-corrected chi connectivity index (χ1v) is 6.96. The number of amides is 2. The highest BCUT2D eigenvalue weighted by molar-refractivity contribution is 7.11. The number of anilines is 1. The van der Waals surface area contributed by atoms with Gasteiger partial charge in [-0.05, 0) is 23.6 Å². The maximum absolute atomic E-state index is 11.7. The van der Waals surface area contributed by atoms with Crippen molar-refractivity contribution in [2.45, 2.75) is 0 Å². The number of para-hydroxylation sites is 1. The largest absolute Gasteiger partial charge is 0.478 e. The van der Waals surface area contributed by atoms with Gasteiger partial charge in [-0.15, -0.1) is 11.3 Å². The van der Waals surface area contributed by atoms with E-state index in [1.807, 2.05) is 11.4 Å². The van der Waals surface area contributed by atoms with Crippen molar-refractivity contribution in [3.63, 3.8) is 0 Å². The molecule has 0 aliphatic heterocycles. The molecule has 22 heavy (non-hydrogen) atoms. The lowest BCUT2D eigenvalue weighted by atomic mass is 10.2. The van der Waals surface area contributed by atoms with Crippen LogP contribution in [0.25, 0.3) is 0 Å². The highest BCUT2D eigenvalue weighted by Gasteiger charge is 2.16. The molecule has 0 aliphatic carbocycles. The summed E-state index contributed by atoms with van der Waals surface area (Å²) in [6, 6.07) is 9.40. The van der Waals surface area contributed by atoms with E-state index in [4.69, 9.17) is 5.11 Å². The quantitative estimate of drug-likeness (QED) is 0.451. The Balaban J connectivity index is 1.97. The summed E-state index contributed by atoms with van der Waals surface area (Å²) < 4.78 is 0. The van der Waals surface area contributed by atoms with Crippen LogP contribution in [0.2, 0.25) is 0 Å². The molecule has 2 rings (SSSR count). The Bertz CT molecular complexity index is 725. The molecule has 0 fully saturated rings. The van der Waals surface area contributed by atoms with Gasteiger partial charge >= 0.3 is 17.8 Å². The summed E-state index contributed by atoms with van der Waals surface area (Å²) in [7, 11) is 0. The number of nitrogens with one attached hydrogen (secondary N) is 2. The zero-order valence-corrected chi connectivity index (χ0v) is 12.0. The van der Waals surface area contributed by atoms with E-state index in [-0.39, 0.29) is 11.3 Å². The SMILES string of the molecule is O=C(N/N=C/c1cccs1)C(=O)Nc1ccccc1C(=O)O. The molecule has 8 heteroatoms. The Morgan fingerprint density at radius 3 is 2.55 bits per heavy atom. The first-order chi connectivity index (χ1) is 10.6. The number of hydrazone groups is 1. The summed E-state index contributed by atoms with van der Waals surface area (Å²) in [6.07, 6.45) is 1.40. The highest BCUT2D eigenvalue weighted by Crippen LogP contribution is 2.14. The zero-order chi connectivity index (χ0) is 15.9. The Labute approximate surface area is 129 Å². The monoisotopic (exact) mass is 317 g/mol. The van der Waals surface area contributed by atoms with E-state index in [0.717, 1.165) is 4.88 Å². The summed E-state index contributed by atoms with van der Waals surface area (Å²) in [5.41, 5.74) is 2.00. The van der Waals surface area contributed by atoms with E-state index < -0.39 is 17.8 Å². The van der Waals surface area contributed by atoms with Crippen LogP contribution < -0.4 is 10.7 Å². The van der Waals surface area contributed by atoms with Crippen LogP contribution in [0.4, 0.5) is 5.69 Å². The van der Waals surface area contributed by atoms with Gasteiger partial charge in [-0.25, -0.2) is 10.2 Å². The molecule has 0 bridgehead atoms. The average Bonchev–Trinajstić information content (AvgIpc) is 3.00. The average molecular weight is 317 g/mol. The highest BCUT2D eigenvalue weighted by atomic mass is 32.1. The predicted octanol–water partition coefficient (Wildman–Crippen LogP) is 1.54. The summed E-state index contributed by atoms with van der Waals surface area (Å²) in [6.45, 7) is 0. The van der Waals surface area contributed by atoms with E-state index >= 15 is 0 Å². The van der Waals surface area contributed by atoms with Crippen molar-refractivity contribution in [3.8, 4) is 0 Å². The fraction of sp³-hybridized carbons (Fsp3) is 0. The number of hydrogen-bond acceptors (Lipinski definition) is 5. The van der Waals surface area contributed by atoms with Gasteiger partial charge in [0.1, 0.15) is 0 Å². The number of carboxylic acid groups (broad SMARTS) is 1. The van der Waals surface area contributed by atoms with Crippen LogP contribution in [0.1, 0.15) is 15.2 Å². The number of carboxylic acids is 1. The van der Waals surface area contributed by atoms with Crippen LogP contribution >= 0.6 is 11.3 Å². The van der Waals surface area contributed by atoms with Crippen LogP contribution in [-0.2, 0) is 9.59 Å². The van der Waals surface area contributed by atoms with Crippen LogP contribution in [0.5, 0.6) is 0 Å². The third-order valence-corrected chi connectivity index (χ3v) is 3.32. The molecule has 2 aromatic rings. The third kappa shape index (κ3) is 4.00. The lowest BCUT2D eigenvalue weighted by Crippen LogP contribution is -2.32. The smallest absolute Gasteiger partial charge is 0.337 e. The van der Waals surface area contributed by atoms with Crippen LogP contribution in [-0.4, -0.2) is 29.1 Å². The van der Waals surface area contributed by atoms with E-state index in [2.05, 4.69) is 15.8 Å². The fourth-order valence-corrected chi connectivity index (χ4v) is 2.11. The van der Waals surface area contributed by atoms with Crippen LogP contribution in [0, 0.1) is 0 Å². The minimum Gasteiger partial charge on any atom is -0.478 e. The van der Waals surface area contributed by atoms with E-state index in [1.54, 1.807) is 12.1 Å². The van der Waals surface area contributed by atoms with Gasteiger partial charge in [0, 0.05) is 4.88 Å². The van der Waals surface area contributed by atoms with Crippen molar-refractivity contribution in [2.24, 2.45) is 5.10 Å². The molecule has 0 spiro atoms. The molecular formula is C14H11N3O4S. The van der Waals surface area contributed by atoms with Gasteiger partial charge in [-0.3, -0.25) is 9.59 Å². The molecule has 7 nitrogen and oxygen atoms in total. The summed E-state index contributed by atoms with van der Waals surface area (Å²) in [4.78, 5) is 35.1. The van der Waals surface area contributed by atoms with Gasteiger partial charge < -0.3 is 10.4 Å². The standard InChI is InChI=1S/C14H11N3O4S/c18-12(13(19)17-15-8-9-4-3-7-22-9)16-11-6-2-1-5-10(11)14(20)21/h1-8H,(H,16,18)(H,17,19)(H,20,21)/b15-8+. The van der Waals surface area contributed by atoms with Gasteiger partial charge in [-0.1, -0.05) is 18.2 Å². The van der Waals surface area contributed by atoms with E-state index in [0.29, 0.717) is 0 Å². The van der Waals surface area contributed by atoms with E-state index in [1.165, 1.54) is 35.8 Å². The number of benzene rings is 1. The predicted molar refractivity (Wildman–Crippen MR) is 82.1 cm³/mol. The number of hydrogen-bond donors (Lipinski definition) is 3. The lowest BCUT2D eigenvalue weighted by molar-refractivity contribution is -0.136. The first-order valence-electron chi connectivity index (χ1n) is 6.08. The second kappa shape index (κ2) is 7.14. The van der Waals surface area contributed by atoms with E-state index in [9.17, 15) is 14.4 Å². The molecule has 0 atom stereocenters. The number of carbonyl (C=O) groups excluding carboxylic acids is 2. The molecule has 0 aliphatic rings. The Morgan fingerprint density at radius 2 is 1.86 bits per heavy atom. The van der Waals surface area contributed by atoms with Crippen LogP contribution in [0.15, 0.2) is 46.9 Å². The van der Waals surface area contributed by atoms with Crippen molar-refractivity contribution in [1.29, 1.82) is 0 Å². The van der Waals surface area contributed by atoms with Gasteiger partial charge in [-0.2, -0.15) is 5.10 Å². The summed E-state index contributed by atoms with van der Waals surface area (Å²) in [5.74, 6) is -3.20. The molecular weight excluding hydrogens is 306 g/mol. The minimum atomic E-state index is -1.20. The molecule has 0 radical (unpaired) electrons. The van der Waals surface area contributed by atoms with Gasteiger partial charge in [0.2, 0.25) is 0 Å². The minimum absolute atomic E-state index is 0.0392. The van der Waals surface area contributed by atoms with Gasteiger partial charge in [0.15, 0.2) is 0 Å². The third-order valence-electron chi connectivity index (χ3n) is 2.51. The Hall–Kier alpha value is -3.00. The second-order valence-electron chi connectivity index (χ2n) is 4.02. The molecule has 3 N–H and O–H groups in total. The topological polar surface area (TPSA) is 108 Å². The fourth-order valence-electron chi connectivity index (χ4n) is 1.53. The number of aromatic carboxylic acids is 1. The molecule has 0 saturated heterocycles. The number of nitrogens with zero attached hydrogens (tertiary/aromatic N) is 1. The summed E-state index contributed by atoms with van der Waals surface area (Å²) in [5, 5.41) is 16.7.